The normalized spacial score (nSPS) is 17.6. The average molecular weight is 527 g/mol. The Hall–Kier alpha value is -4.19. The van der Waals surface area contributed by atoms with E-state index in [2.05, 4.69) is 34.2 Å². The Labute approximate surface area is 230 Å². The predicted octanol–water partition coefficient (Wildman–Crippen LogP) is 7.03. The number of hydrogen-bond acceptors (Lipinski definition) is 4. The highest BCUT2D eigenvalue weighted by Gasteiger charge is 2.33. The minimum Gasteiger partial charge on any atom is -0.497 e. The molecule has 39 heavy (non-hydrogen) atoms. The summed E-state index contributed by atoms with van der Waals surface area (Å²) in [5, 5.41) is 9.45. The number of anilines is 1. The second kappa shape index (κ2) is 13.1. The van der Waals surface area contributed by atoms with Crippen molar-refractivity contribution < 1.29 is 19.0 Å². The number of allylic oxidation sites excluding steroid dienone is 4. The molecule has 5 nitrogen and oxygen atoms in total. The molecule has 0 aromatic heterocycles. The third-order valence-electron chi connectivity index (χ3n) is 7.09. The molecule has 1 saturated heterocycles. The molecule has 1 N–H and O–H groups in total. The third kappa shape index (κ3) is 7.23. The van der Waals surface area contributed by atoms with Crippen LogP contribution in [0.5, 0.6) is 5.75 Å². The van der Waals surface area contributed by atoms with Gasteiger partial charge >= 0.3 is 5.97 Å². The van der Waals surface area contributed by atoms with Crippen LogP contribution in [0.4, 0.5) is 10.1 Å². The Morgan fingerprint density at radius 1 is 1.10 bits per heavy atom. The summed E-state index contributed by atoms with van der Waals surface area (Å²) in [6, 6.07) is 19.1. The van der Waals surface area contributed by atoms with Gasteiger partial charge in [0.05, 0.1) is 19.6 Å². The number of benzene rings is 3. The summed E-state index contributed by atoms with van der Waals surface area (Å²) in [5.41, 5.74) is 5.75. The van der Waals surface area contributed by atoms with E-state index >= 15 is 0 Å². The number of aliphatic imine (C=N–C) groups is 1. The standard InChI is InChI=1S/C33H35FN2O3/c1-4-5-6-7-16-35-27-19-29(20-33(37)38)36(22-27)28-12-8-24(9-13-28)18-25-10-11-26(17-23(25)2)31-21-30(39-3)14-15-32(31)34/h4-17,21,27,29H,18-20,22H2,1-3H3,(H,37,38)/b5-4-,7-6-,35-16+/t27-,29+/m0/s1. The first-order valence-corrected chi connectivity index (χ1v) is 13.2. The third-order valence-corrected chi connectivity index (χ3v) is 7.09. The van der Waals surface area contributed by atoms with Crippen LogP contribution in [0, 0.1) is 12.7 Å². The fourth-order valence-electron chi connectivity index (χ4n) is 5.05. The maximum absolute atomic E-state index is 14.5. The van der Waals surface area contributed by atoms with Crippen LogP contribution < -0.4 is 9.64 Å². The molecule has 6 heteroatoms. The van der Waals surface area contributed by atoms with E-state index in [0.717, 1.165) is 28.8 Å². The zero-order chi connectivity index (χ0) is 27.8. The van der Waals surface area contributed by atoms with Crippen molar-refractivity contribution in [2.45, 2.75) is 45.2 Å². The van der Waals surface area contributed by atoms with Crippen LogP contribution in [-0.2, 0) is 11.2 Å². The number of halogens is 1. The summed E-state index contributed by atoms with van der Waals surface area (Å²) in [7, 11) is 1.57. The lowest BCUT2D eigenvalue weighted by molar-refractivity contribution is -0.137. The van der Waals surface area contributed by atoms with Gasteiger partial charge in [-0.05, 0) is 85.4 Å². The number of carboxylic acid groups (broad SMARTS) is 1. The lowest BCUT2D eigenvalue weighted by Crippen LogP contribution is -2.31. The van der Waals surface area contributed by atoms with Crippen LogP contribution in [0.15, 0.2) is 90.0 Å². The molecule has 4 rings (SSSR count). The average Bonchev–Trinajstić information content (AvgIpc) is 3.32. The molecule has 202 valence electrons. The quantitative estimate of drug-likeness (QED) is 0.228. The number of aryl methyl sites for hydroxylation is 1. The number of nitrogens with zero attached hydrogens (tertiary/aromatic N) is 2. The topological polar surface area (TPSA) is 62.1 Å². The van der Waals surface area contributed by atoms with Crippen LogP contribution in [0.25, 0.3) is 11.1 Å². The summed E-state index contributed by atoms with van der Waals surface area (Å²) >= 11 is 0. The molecule has 1 aliphatic heterocycles. The molecule has 0 amide bonds. The van der Waals surface area contributed by atoms with Gasteiger partial charge in [-0.25, -0.2) is 4.39 Å². The van der Waals surface area contributed by atoms with Gasteiger partial charge < -0.3 is 14.7 Å². The van der Waals surface area contributed by atoms with E-state index in [1.165, 1.54) is 11.6 Å². The first kappa shape index (κ1) is 27.8. The van der Waals surface area contributed by atoms with Crippen LogP contribution >= 0.6 is 0 Å². The molecular formula is C33H35FN2O3. The molecule has 2 atom stereocenters. The molecule has 3 aromatic rings. The highest BCUT2D eigenvalue weighted by molar-refractivity contribution is 5.72. The van der Waals surface area contributed by atoms with Gasteiger partial charge in [-0.1, -0.05) is 48.6 Å². The minimum absolute atomic E-state index is 0.0554. The zero-order valence-corrected chi connectivity index (χ0v) is 22.7. The van der Waals surface area contributed by atoms with E-state index in [0.29, 0.717) is 24.3 Å². The van der Waals surface area contributed by atoms with Gasteiger partial charge in [-0.3, -0.25) is 9.79 Å². The van der Waals surface area contributed by atoms with Crippen molar-refractivity contribution in [3.8, 4) is 16.9 Å². The number of rotatable bonds is 10. The van der Waals surface area contributed by atoms with Gasteiger partial charge in [0.2, 0.25) is 0 Å². The monoisotopic (exact) mass is 526 g/mol. The van der Waals surface area contributed by atoms with Crippen LogP contribution in [-0.4, -0.2) is 43.0 Å². The van der Waals surface area contributed by atoms with E-state index in [-0.39, 0.29) is 24.3 Å². The maximum Gasteiger partial charge on any atom is 0.305 e. The molecule has 0 unspecified atom stereocenters. The zero-order valence-electron chi connectivity index (χ0n) is 22.7. The number of carboxylic acids is 1. The summed E-state index contributed by atoms with van der Waals surface area (Å²) in [4.78, 5) is 18.3. The molecule has 0 bridgehead atoms. The van der Waals surface area contributed by atoms with Gasteiger partial charge in [0.15, 0.2) is 0 Å². The largest absolute Gasteiger partial charge is 0.497 e. The van der Waals surface area contributed by atoms with E-state index in [4.69, 9.17) is 4.74 Å². The molecular weight excluding hydrogens is 491 g/mol. The van der Waals surface area contributed by atoms with Crippen LogP contribution in [0.2, 0.25) is 0 Å². The van der Waals surface area contributed by atoms with Gasteiger partial charge in [0, 0.05) is 30.1 Å². The number of methoxy groups -OCH3 is 1. The number of ether oxygens (including phenoxy) is 1. The SMILES string of the molecule is C\C=C/C=C\C=N\[C@H]1C[C@H](CC(=O)O)N(c2ccc(Cc3ccc(-c4cc(OC)ccc4F)cc3C)cc2)C1. The highest BCUT2D eigenvalue weighted by atomic mass is 19.1. The number of carbonyl (C=O) groups is 1. The lowest BCUT2D eigenvalue weighted by atomic mass is 9.95. The summed E-state index contributed by atoms with van der Waals surface area (Å²) in [5.74, 6) is -0.456. The van der Waals surface area contributed by atoms with Crippen molar-refractivity contribution in [1.29, 1.82) is 0 Å². The summed E-state index contributed by atoms with van der Waals surface area (Å²) in [6.07, 6.45) is 11.1. The fourth-order valence-corrected chi connectivity index (χ4v) is 5.05. The molecule has 0 spiro atoms. The van der Waals surface area contributed by atoms with Gasteiger partial charge in [0.25, 0.3) is 0 Å². The van der Waals surface area contributed by atoms with Crippen molar-refractivity contribution in [1.82, 2.24) is 0 Å². The molecule has 1 heterocycles. The Kier molecular flexibility index (Phi) is 9.31. The Bertz CT molecular complexity index is 1380. The Morgan fingerprint density at radius 3 is 2.59 bits per heavy atom. The predicted molar refractivity (Wildman–Crippen MR) is 157 cm³/mol. The van der Waals surface area contributed by atoms with Crippen molar-refractivity contribution >= 4 is 17.9 Å². The second-order valence-electron chi connectivity index (χ2n) is 9.83. The van der Waals surface area contributed by atoms with Crippen molar-refractivity contribution in [3.05, 3.63) is 107 Å². The molecule has 1 fully saturated rings. The molecule has 0 aliphatic carbocycles. The van der Waals surface area contributed by atoms with Crippen molar-refractivity contribution in [3.63, 3.8) is 0 Å². The van der Waals surface area contributed by atoms with Crippen molar-refractivity contribution in [2.24, 2.45) is 4.99 Å². The Balaban J connectivity index is 1.47. The second-order valence-corrected chi connectivity index (χ2v) is 9.83. The lowest BCUT2D eigenvalue weighted by Gasteiger charge is -2.25. The van der Waals surface area contributed by atoms with Crippen LogP contribution in [0.3, 0.4) is 0 Å². The molecule has 0 saturated carbocycles. The first-order chi connectivity index (χ1) is 18.9. The fraction of sp³-hybridized carbons (Fsp3) is 0.273. The Morgan fingerprint density at radius 2 is 1.90 bits per heavy atom. The highest BCUT2D eigenvalue weighted by Crippen LogP contribution is 2.31. The maximum atomic E-state index is 14.5. The number of hydrogen-bond donors (Lipinski definition) is 1. The van der Waals surface area contributed by atoms with E-state index in [1.807, 2.05) is 56.4 Å². The minimum atomic E-state index is -0.799. The van der Waals surface area contributed by atoms with E-state index in [1.54, 1.807) is 25.5 Å². The van der Waals surface area contributed by atoms with Gasteiger partial charge in [-0.15, -0.1) is 0 Å². The first-order valence-electron chi connectivity index (χ1n) is 13.2. The van der Waals surface area contributed by atoms with Gasteiger partial charge in [0.1, 0.15) is 11.6 Å². The van der Waals surface area contributed by atoms with E-state index in [9.17, 15) is 14.3 Å². The molecule has 3 aromatic carbocycles. The summed E-state index contributed by atoms with van der Waals surface area (Å²) in [6.45, 7) is 4.69. The van der Waals surface area contributed by atoms with Crippen LogP contribution in [0.1, 0.15) is 36.5 Å². The molecule has 1 aliphatic rings. The van der Waals surface area contributed by atoms with E-state index < -0.39 is 5.97 Å². The summed E-state index contributed by atoms with van der Waals surface area (Å²) < 4.78 is 19.7. The van der Waals surface area contributed by atoms with Crippen molar-refractivity contribution in [2.75, 3.05) is 18.6 Å². The molecule has 0 radical (unpaired) electrons. The number of aliphatic carboxylic acids is 1. The smallest absolute Gasteiger partial charge is 0.305 e. The van der Waals surface area contributed by atoms with Gasteiger partial charge in [-0.2, -0.15) is 0 Å².